The molecule has 1 aliphatic carbocycles. The standard InChI is InChI=1S/C28H28F6N2O4/c1-15-24(18-10-19(27(29,30)31)13-20(11-18)28(32,33)34)40-26(38)36(15)14-17-6-4-5-7-21(17)22-12-16(25(37)35-2)8-9-23(22)39-3/h8-13,15,24H,4-7,14H2,1-3H3,(H,35,37)/t15-,24-/m0/s1. The zero-order valence-corrected chi connectivity index (χ0v) is 22.0. The van der Waals surface area contributed by atoms with Gasteiger partial charge in [-0.25, -0.2) is 4.79 Å². The van der Waals surface area contributed by atoms with E-state index in [4.69, 9.17) is 9.47 Å². The van der Waals surface area contributed by atoms with Crippen molar-refractivity contribution in [3.05, 3.63) is 69.8 Å². The van der Waals surface area contributed by atoms with Crippen LogP contribution >= 0.6 is 0 Å². The zero-order chi connectivity index (χ0) is 29.4. The van der Waals surface area contributed by atoms with Crippen molar-refractivity contribution in [2.45, 2.75) is 57.1 Å². The first-order chi connectivity index (χ1) is 18.7. The van der Waals surface area contributed by atoms with Crippen molar-refractivity contribution in [2.24, 2.45) is 0 Å². The summed E-state index contributed by atoms with van der Waals surface area (Å²) in [4.78, 5) is 26.5. The summed E-state index contributed by atoms with van der Waals surface area (Å²) < 4.78 is 91.4. The van der Waals surface area contributed by atoms with E-state index in [9.17, 15) is 35.9 Å². The summed E-state index contributed by atoms with van der Waals surface area (Å²) >= 11 is 0. The van der Waals surface area contributed by atoms with Crippen molar-refractivity contribution in [3.8, 4) is 5.75 Å². The third kappa shape index (κ3) is 5.90. The SMILES string of the molecule is CNC(=O)c1ccc(OC)c(C2=C(CN3C(=O)O[C@H](c4cc(C(F)(F)F)cc(C(F)(F)F)c4)[C@@H]3C)CCCC2)c1. The van der Waals surface area contributed by atoms with Crippen LogP contribution in [0.3, 0.4) is 0 Å². The van der Waals surface area contributed by atoms with Crippen LogP contribution in [0.5, 0.6) is 5.75 Å². The molecule has 1 saturated heterocycles. The molecule has 0 unspecified atom stereocenters. The molecule has 1 N–H and O–H groups in total. The number of allylic oxidation sites excluding steroid dienone is 1. The Morgan fingerprint density at radius 1 is 1.02 bits per heavy atom. The number of carbonyl (C=O) groups excluding carboxylic acids is 2. The van der Waals surface area contributed by atoms with Crippen LogP contribution in [0.2, 0.25) is 0 Å². The van der Waals surface area contributed by atoms with E-state index in [1.807, 2.05) is 0 Å². The number of rotatable bonds is 6. The van der Waals surface area contributed by atoms with E-state index < -0.39 is 41.7 Å². The Bertz CT molecular complexity index is 1300. The highest BCUT2D eigenvalue weighted by molar-refractivity contribution is 5.95. The fourth-order valence-electron chi connectivity index (χ4n) is 5.21. The van der Waals surface area contributed by atoms with Gasteiger partial charge in [0.25, 0.3) is 5.91 Å². The topological polar surface area (TPSA) is 67.9 Å². The minimum absolute atomic E-state index is 0.0438. The maximum absolute atomic E-state index is 13.4. The highest BCUT2D eigenvalue weighted by Gasteiger charge is 2.43. The van der Waals surface area contributed by atoms with Gasteiger partial charge in [0.1, 0.15) is 11.9 Å². The van der Waals surface area contributed by atoms with Crippen molar-refractivity contribution in [2.75, 3.05) is 20.7 Å². The van der Waals surface area contributed by atoms with Gasteiger partial charge in [-0.05, 0) is 85.7 Å². The molecule has 2 aromatic carbocycles. The van der Waals surface area contributed by atoms with Crippen LogP contribution in [0.15, 0.2) is 42.0 Å². The van der Waals surface area contributed by atoms with Crippen molar-refractivity contribution in [3.63, 3.8) is 0 Å². The van der Waals surface area contributed by atoms with E-state index in [1.54, 1.807) is 18.2 Å². The highest BCUT2D eigenvalue weighted by atomic mass is 19.4. The zero-order valence-electron chi connectivity index (χ0n) is 22.0. The van der Waals surface area contributed by atoms with Gasteiger partial charge in [0.2, 0.25) is 0 Å². The first kappa shape index (κ1) is 29.3. The second-order valence-electron chi connectivity index (χ2n) is 9.80. The number of cyclic esters (lactones) is 1. The highest BCUT2D eigenvalue weighted by Crippen LogP contribution is 2.43. The summed E-state index contributed by atoms with van der Waals surface area (Å²) in [5.74, 6) is 0.237. The van der Waals surface area contributed by atoms with E-state index in [0.29, 0.717) is 41.9 Å². The average molecular weight is 571 g/mol. The van der Waals surface area contributed by atoms with Crippen LogP contribution in [0.1, 0.15) is 71.3 Å². The summed E-state index contributed by atoms with van der Waals surface area (Å²) in [6.45, 7) is 1.59. The van der Waals surface area contributed by atoms with E-state index in [2.05, 4.69) is 5.32 Å². The number of halogens is 6. The molecule has 40 heavy (non-hydrogen) atoms. The Hall–Kier alpha value is -3.70. The van der Waals surface area contributed by atoms with E-state index in [0.717, 1.165) is 24.0 Å². The second-order valence-corrected chi connectivity index (χ2v) is 9.80. The minimum Gasteiger partial charge on any atom is -0.496 e. The van der Waals surface area contributed by atoms with Crippen LogP contribution in [-0.2, 0) is 17.1 Å². The van der Waals surface area contributed by atoms with Gasteiger partial charge in [-0.1, -0.05) is 0 Å². The lowest BCUT2D eigenvalue weighted by Crippen LogP contribution is -2.34. The largest absolute Gasteiger partial charge is 0.496 e. The molecule has 0 radical (unpaired) electrons. The van der Waals surface area contributed by atoms with Gasteiger partial charge in [-0.2, -0.15) is 26.3 Å². The van der Waals surface area contributed by atoms with Gasteiger partial charge in [-0.3, -0.25) is 9.69 Å². The van der Waals surface area contributed by atoms with Gasteiger partial charge in [-0.15, -0.1) is 0 Å². The Balaban J connectivity index is 1.70. The number of nitrogens with one attached hydrogen (secondary N) is 1. The number of amides is 2. The normalized spacial score (nSPS) is 20.0. The molecular formula is C28H28F6N2O4. The summed E-state index contributed by atoms with van der Waals surface area (Å²) in [7, 11) is 3.01. The molecule has 12 heteroatoms. The minimum atomic E-state index is -5.02. The molecule has 4 rings (SSSR count). The van der Waals surface area contributed by atoms with Gasteiger partial charge >= 0.3 is 18.4 Å². The van der Waals surface area contributed by atoms with Gasteiger partial charge in [0, 0.05) is 24.7 Å². The number of hydrogen-bond acceptors (Lipinski definition) is 4. The number of carbonyl (C=O) groups is 2. The third-order valence-corrected chi connectivity index (χ3v) is 7.29. The van der Waals surface area contributed by atoms with Crippen LogP contribution in [-0.4, -0.2) is 43.6 Å². The summed E-state index contributed by atoms with van der Waals surface area (Å²) in [6, 6.07) is 5.37. The molecular weight excluding hydrogens is 542 g/mol. The number of alkyl halides is 6. The molecule has 0 spiro atoms. The number of nitrogens with zero attached hydrogens (tertiary/aromatic N) is 1. The summed E-state index contributed by atoms with van der Waals surface area (Å²) in [6.07, 6.45) is -9.32. The first-order valence-corrected chi connectivity index (χ1v) is 12.6. The number of benzene rings is 2. The Morgan fingerprint density at radius 3 is 2.23 bits per heavy atom. The summed E-state index contributed by atoms with van der Waals surface area (Å²) in [5.41, 5.74) is -0.515. The molecule has 1 heterocycles. The Labute approximate surface area is 226 Å². The average Bonchev–Trinajstić information content (AvgIpc) is 3.19. The molecule has 0 saturated carbocycles. The lowest BCUT2D eigenvalue weighted by molar-refractivity contribution is -0.143. The van der Waals surface area contributed by atoms with Crippen LogP contribution in [0.4, 0.5) is 31.1 Å². The number of methoxy groups -OCH3 is 1. The molecule has 2 aromatic rings. The quantitative estimate of drug-likeness (QED) is 0.380. The van der Waals surface area contributed by atoms with Crippen molar-refractivity contribution >= 4 is 17.6 Å². The van der Waals surface area contributed by atoms with Crippen molar-refractivity contribution in [1.82, 2.24) is 10.2 Å². The van der Waals surface area contributed by atoms with E-state index in [1.165, 1.54) is 26.0 Å². The fraction of sp³-hybridized carbons (Fsp3) is 0.429. The molecule has 2 atom stereocenters. The smallest absolute Gasteiger partial charge is 0.416 e. The molecule has 0 bridgehead atoms. The van der Waals surface area contributed by atoms with Crippen molar-refractivity contribution < 1.29 is 45.4 Å². The molecule has 2 amide bonds. The fourth-order valence-corrected chi connectivity index (χ4v) is 5.21. The second kappa shape index (κ2) is 11.1. The maximum Gasteiger partial charge on any atom is 0.416 e. The van der Waals surface area contributed by atoms with E-state index >= 15 is 0 Å². The van der Waals surface area contributed by atoms with Gasteiger partial charge in [0.15, 0.2) is 0 Å². The lowest BCUT2D eigenvalue weighted by Gasteiger charge is -2.28. The predicted octanol–water partition coefficient (Wildman–Crippen LogP) is 7.00. The molecule has 6 nitrogen and oxygen atoms in total. The molecule has 2 aliphatic rings. The van der Waals surface area contributed by atoms with Crippen LogP contribution < -0.4 is 10.1 Å². The monoisotopic (exact) mass is 570 g/mol. The van der Waals surface area contributed by atoms with Crippen molar-refractivity contribution in [1.29, 1.82) is 0 Å². The molecule has 1 fully saturated rings. The molecule has 216 valence electrons. The Kier molecular flexibility index (Phi) is 8.09. The molecule has 0 aromatic heterocycles. The summed E-state index contributed by atoms with van der Waals surface area (Å²) in [5, 5.41) is 2.57. The third-order valence-electron chi connectivity index (χ3n) is 7.29. The van der Waals surface area contributed by atoms with Gasteiger partial charge in [0.05, 0.1) is 24.3 Å². The van der Waals surface area contributed by atoms with E-state index in [-0.39, 0.29) is 24.1 Å². The first-order valence-electron chi connectivity index (χ1n) is 12.6. The van der Waals surface area contributed by atoms with Crippen LogP contribution in [0.25, 0.3) is 5.57 Å². The maximum atomic E-state index is 13.4. The number of ether oxygens (including phenoxy) is 2. The predicted molar refractivity (Wildman–Crippen MR) is 134 cm³/mol. The Morgan fingerprint density at radius 2 is 1.65 bits per heavy atom. The lowest BCUT2D eigenvalue weighted by atomic mass is 9.85. The molecule has 1 aliphatic heterocycles. The number of hydrogen-bond donors (Lipinski definition) is 1. The van der Waals surface area contributed by atoms with Gasteiger partial charge < -0.3 is 14.8 Å². The van der Waals surface area contributed by atoms with Crippen LogP contribution in [0, 0.1) is 0 Å².